The maximum absolute atomic E-state index is 6.02. The Kier molecular flexibility index (Phi) is 2.61. The fraction of sp³-hybridized carbons (Fsp3) is 0.500. The van der Waals surface area contributed by atoms with Crippen molar-refractivity contribution in [3.63, 3.8) is 0 Å². The third-order valence-corrected chi connectivity index (χ3v) is 2.82. The molecule has 0 radical (unpaired) electrons. The Morgan fingerprint density at radius 2 is 2.20 bits per heavy atom. The number of hydrogen-bond donors (Lipinski definition) is 0. The number of aromatic nitrogens is 4. The molecule has 15 heavy (non-hydrogen) atoms. The van der Waals surface area contributed by atoms with Gasteiger partial charge in [0.2, 0.25) is 0 Å². The minimum absolute atomic E-state index is 0.327. The molecule has 2 aromatic rings. The molecular formula is C10H13ClN4. The molecule has 0 spiro atoms. The fourth-order valence-corrected chi connectivity index (χ4v) is 1.74. The van der Waals surface area contributed by atoms with E-state index in [9.17, 15) is 0 Å². The van der Waals surface area contributed by atoms with Crippen LogP contribution in [0.5, 0.6) is 0 Å². The lowest BCUT2D eigenvalue weighted by Crippen LogP contribution is -2.06. The highest BCUT2D eigenvalue weighted by molar-refractivity contribution is 6.33. The minimum atomic E-state index is 0.327. The van der Waals surface area contributed by atoms with Crippen molar-refractivity contribution in [3.05, 3.63) is 17.2 Å². The van der Waals surface area contributed by atoms with Crippen molar-refractivity contribution in [2.24, 2.45) is 0 Å². The minimum Gasteiger partial charge on any atom is -0.244 e. The Morgan fingerprint density at radius 3 is 2.87 bits per heavy atom. The van der Waals surface area contributed by atoms with Gasteiger partial charge in [0, 0.05) is 0 Å². The van der Waals surface area contributed by atoms with E-state index >= 15 is 0 Å². The van der Waals surface area contributed by atoms with Gasteiger partial charge in [0.25, 0.3) is 0 Å². The van der Waals surface area contributed by atoms with Crippen LogP contribution in [0.2, 0.25) is 5.15 Å². The quantitative estimate of drug-likeness (QED) is 0.737. The standard InChI is InChI=1S/C10H13ClN4/c1-4-6(2)15-10-8(5-12-15)9(11)13-7(3)14-10/h5-6H,4H2,1-3H3. The average Bonchev–Trinajstić information content (AvgIpc) is 2.60. The van der Waals surface area contributed by atoms with Gasteiger partial charge in [-0.2, -0.15) is 5.10 Å². The molecule has 4 nitrogen and oxygen atoms in total. The molecule has 2 rings (SSSR count). The van der Waals surface area contributed by atoms with Crippen LogP contribution in [0.1, 0.15) is 32.1 Å². The van der Waals surface area contributed by atoms with E-state index in [1.165, 1.54) is 0 Å². The largest absolute Gasteiger partial charge is 0.244 e. The lowest BCUT2D eigenvalue weighted by atomic mass is 10.3. The highest BCUT2D eigenvalue weighted by Gasteiger charge is 2.12. The van der Waals surface area contributed by atoms with Gasteiger partial charge in [-0.15, -0.1) is 0 Å². The van der Waals surface area contributed by atoms with Gasteiger partial charge < -0.3 is 0 Å². The predicted octanol–water partition coefficient (Wildman–Crippen LogP) is 2.76. The molecule has 0 bridgehead atoms. The maximum Gasteiger partial charge on any atom is 0.163 e. The molecule has 5 heteroatoms. The fourth-order valence-electron chi connectivity index (χ4n) is 1.49. The summed E-state index contributed by atoms with van der Waals surface area (Å²) < 4.78 is 1.90. The van der Waals surface area contributed by atoms with Crippen molar-refractivity contribution in [1.82, 2.24) is 19.7 Å². The maximum atomic E-state index is 6.02. The first-order chi connectivity index (χ1) is 7.13. The van der Waals surface area contributed by atoms with Crippen molar-refractivity contribution < 1.29 is 0 Å². The summed E-state index contributed by atoms with van der Waals surface area (Å²) in [4.78, 5) is 8.47. The van der Waals surface area contributed by atoms with Gasteiger partial charge in [-0.05, 0) is 20.3 Å². The number of aryl methyl sites for hydroxylation is 1. The molecule has 0 aromatic carbocycles. The van der Waals surface area contributed by atoms with Crippen molar-refractivity contribution in [2.75, 3.05) is 0 Å². The molecule has 1 unspecified atom stereocenters. The number of halogens is 1. The zero-order valence-corrected chi connectivity index (χ0v) is 9.78. The van der Waals surface area contributed by atoms with Crippen LogP contribution in [-0.2, 0) is 0 Å². The van der Waals surface area contributed by atoms with E-state index in [0.717, 1.165) is 17.5 Å². The highest BCUT2D eigenvalue weighted by Crippen LogP contribution is 2.22. The van der Waals surface area contributed by atoms with Crippen LogP contribution in [0.3, 0.4) is 0 Å². The topological polar surface area (TPSA) is 43.6 Å². The summed E-state index contributed by atoms with van der Waals surface area (Å²) in [5.41, 5.74) is 0.821. The number of fused-ring (bicyclic) bond motifs is 1. The van der Waals surface area contributed by atoms with Gasteiger partial charge in [-0.1, -0.05) is 18.5 Å². The molecule has 2 heterocycles. The third-order valence-electron chi connectivity index (χ3n) is 2.53. The van der Waals surface area contributed by atoms with Crippen molar-refractivity contribution in [3.8, 4) is 0 Å². The average molecular weight is 225 g/mol. The lowest BCUT2D eigenvalue weighted by Gasteiger charge is -2.09. The molecule has 0 fully saturated rings. The Hall–Kier alpha value is -1.16. The van der Waals surface area contributed by atoms with Crippen LogP contribution in [0.4, 0.5) is 0 Å². The summed E-state index contributed by atoms with van der Waals surface area (Å²) in [5, 5.41) is 5.60. The van der Waals surface area contributed by atoms with Gasteiger partial charge in [-0.25, -0.2) is 14.6 Å². The Bertz CT molecular complexity index is 491. The van der Waals surface area contributed by atoms with Crippen molar-refractivity contribution in [1.29, 1.82) is 0 Å². The van der Waals surface area contributed by atoms with E-state index < -0.39 is 0 Å². The molecule has 80 valence electrons. The molecule has 0 aliphatic carbocycles. The first kappa shape index (κ1) is 10.4. The number of hydrogen-bond acceptors (Lipinski definition) is 3. The third kappa shape index (κ3) is 1.69. The van der Waals surface area contributed by atoms with E-state index in [-0.39, 0.29) is 0 Å². The summed E-state index contributed by atoms with van der Waals surface area (Å²) in [7, 11) is 0. The first-order valence-corrected chi connectivity index (χ1v) is 5.38. The van der Waals surface area contributed by atoms with Gasteiger partial charge in [0.1, 0.15) is 11.0 Å². The second-order valence-electron chi connectivity index (χ2n) is 3.65. The van der Waals surface area contributed by atoms with Crippen LogP contribution in [0.25, 0.3) is 11.0 Å². The number of nitrogens with zero attached hydrogens (tertiary/aromatic N) is 4. The molecule has 0 saturated heterocycles. The van der Waals surface area contributed by atoms with E-state index in [1.807, 2.05) is 11.6 Å². The SMILES string of the molecule is CCC(C)n1ncc2c(Cl)nc(C)nc21. The van der Waals surface area contributed by atoms with Crippen LogP contribution in [0.15, 0.2) is 6.20 Å². The normalized spacial score (nSPS) is 13.3. The zero-order chi connectivity index (χ0) is 11.0. The predicted molar refractivity (Wildman–Crippen MR) is 60.1 cm³/mol. The van der Waals surface area contributed by atoms with E-state index in [4.69, 9.17) is 11.6 Å². The summed E-state index contributed by atoms with van der Waals surface area (Å²) in [6.45, 7) is 6.06. The number of rotatable bonds is 2. The second kappa shape index (κ2) is 3.77. The summed E-state index contributed by atoms with van der Waals surface area (Å²) in [6.07, 6.45) is 2.74. The van der Waals surface area contributed by atoms with Crippen LogP contribution < -0.4 is 0 Å². The molecular weight excluding hydrogens is 212 g/mol. The summed E-state index contributed by atoms with van der Waals surface area (Å²) in [6, 6.07) is 0.327. The van der Waals surface area contributed by atoms with Crippen LogP contribution >= 0.6 is 11.6 Å². The molecule has 0 amide bonds. The van der Waals surface area contributed by atoms with Crippen LogP contribution in [-0.4, -0.2) is 19.7 Å². The monoisotopic (exact) mass is 224 g/mol. The van der Waals surface area contributed by atoms with Gasteiger partial charge in [0.05, 0.1) is 17.6 Å². The Balaban J connectivity index is 2.68. The lowest BCUT2D eigenvalue weighted by molar-refractivity contribution is 0.489. The van der Waals surface area contributed by atoms with E-state index in [1.54, 1.807) is 6.20 Å². The van der Waals surface area contributed by atoms with Crippen molar-refractivity contribution >= 4 is 22.6 Å². The van der Waals surface area contributed by atoms with Crippen molar-refractivity contribution in [2.45, 2.75) is 33.2 Å². The van der Waals surface area contributed by atoms with E-state index in [2.05, 4.69) is 28.9 Å². The summed E-state index contributed by atoms with van der Waals surface area (Å²) in [5.74, 6) is 0.678. The van der Waals surface area contributed by atoms with Crippen LogP contribution in [0, 0.1) is 6.92 Å². The van der Waals surface area contributed by atoms with Gasteiger partial charge >= 0.3 is 0 Å². The van der Waals surface area contributed by atoms with Gasteiger partial charge in [-0.3, -0.25) is 0 Å². The summed E-state index contributed by atoms with van der Waals surface area (Å²) >= 11 is 6.02. The zero-order valence-electron chi connectivity index (χ0n) is 9.03. The van der Waals surface area contributed by atoms with Gasteiger partial charge in [0.15, 0.2) is 5.65 Å². The first-order valence-electron chi connectivity index (χ1n) is 5.00. The second-order valence-corrected chi connectivity index (χ2v) is 4.00. The Morgan fingerprint density at radius 1 is 1.47 bits per heavy atom. The molecule has 0 aliphatic rings. The molecule has 2 aromatic heterocycles. The molecule has 0 saturated carbocycles. The van der Waals surface area contributed by atoms with E-state index in [0.29, 0.717) is 17.0 Å². The Labute approximate surface area is 93.3 Å². The molecule has 1 atom stereocenters. The smallest absolute Gasteiger partial charge is 0.163 e. The molecule has 0 N–H and O–H groups in total. The highest BCUT2D eigenvalue weighted by atomic mass is 35.5. The molecule has 0 aliphatic heterocycles.